The molecule has 2 aliphatic heterocycles. The molecule has 130 valence electrons. The molecule has 0 aromatic rings. The van der Waals surface area contributed by atoms with Crippen LogP contribution in [0.2, 0.25) is 0 Å². The van der Waals surface area contributed by atoms with Crippen LogP contribution in [0.5, 0.6) is 0 Å². The summed E-state index contributed by atoms with van der Waals surface area (Å²) in [5.41, 5.74) is -1.56. The maximum absolute atomic E-state index is 12.7. The zero-order valence-electron chi connectivity index (χ0n) is 14.7. The van der Waals surface area contributed by atoms with Crippen LogP contribution in [0.3, 0.4) is 0 Å². The third-order valence-corrected chi connectivity index (χ3v) is 3.65. The molecule has 0 radical (unpaired) electrons. The highest BCUT2D eigenvalue weighted by Gasteiger charge is 2.57. The number of cyclic esters (lactones) is 1. The lowest BCUT2D eigenvalue weighted by molar-refractivity contribution is -0.0867. The number of azo groups is 1. The van der Waals surface area contributed by atoms with E-state index in [1.807, 2.05) is 13.8 Å². The van der Waals surface area contributed by atoms with Gasteiger partial charge in [0.2, 0.25) is 6.23 Å². The first-order valence-electron chi connectivity index (χ1n) is 7.74. The predicted octanol–water partition coefficient (Wildman–Crippen LogP) is 3.31. The van der Waals surface area contributed by atoms with Crippen LogP contribution in [0.1, 0.15) is 48.5 Å². The fraction of sp³-hybridized carbons (Fsp3) is 0.867. The normalized spacial score (nSPS) is 30.0. The number of amides is 2. The van der Waals surface area contributed by atoms with Crippen molar-refractivity contribution in [3.8, 4) is 0 Å². The van der Waals surface area contributed by atoms with Crippen LogP contribution < -0.4 is 0 Å². The predicted molar refractivity (Wildman–Crippen MR) is 80.8 cm³/mol. The lowest BCUT2D eigenvalue weighted by atomic mass is 9.98. The van der Waals surface area contributed by atoms with Crippen LogP contribution >= 0.6 is 0 Å². The van der Waals surface area contributed by atoms with E-state index in [0.717, 1.165) is 0 Å². The van der Waals surface area contributed by atoms with Crippen molar-refractivity contribution in [3.05, 3.63) is 0 Å². The highest BCUT2D eigenvalue weighted by molar-refractivity contribution is 5.71. The summed E-state index contributed by atoms with van der Waals surface area (Å²) in [6.45, 7) is 12.9. The molecule has 3 atom stereocenters. The molecule has 1 fully saturated rings. The molecule has 2 aliphatic rings. The molecule has 0 bridgehead atoms. The van der Waals surface area contributed by atoms with Crippen molar-refractivity contribution in [2.45, 2.75) is 78.2 Å². The lowest BCUT2D eigenvalue weighted by Crippen LogP contribution is -2.54. The van der Waals surface area contributed by atoms with E-state index < -0.39 is 35.8 Å². The molecule has 8 nitrogen and oxygen atoms in total. The Hall–Kier alpha value is -1.70. The van der Waals surface area contributed by atoms with Crippen molar-refractivity contribution >= 4 is 12.2 Å². The zero-order chi connectivity index (χ0) is 17.6. The second-order valence-corrected chi connectivity index (χ2v) is 7.60. The van der Waals surface area contributed by atoms with E-state index in [0.29, 0.717) is 0 Å². The Morgan fingerprint density at radius 3 is 2.39 bits per heavy atom. The number of nitrogens with zero attached hydrogens (tertiary/aromatic N) is 3. The summed E-state index contributed by atoms with van der Waals surface area (Å²) in [4.78, 5) is 25.5. The second kappa shape index (κ2) is 5.74. The molecule has 0 N–H and O–H groups in total. The van der Waals surface area contributed by atoms with E-state index in [9.17, 15) is 9.59 Å². The summed E-state index contributed by atoms with van der Waals surface area (Å²) in [7, 11) is 0. The van der Waals surface area contributed by atoms with Crippen LogP contribution in [-0.2, 0) is 14.2 Å². The number of carbonyl (C=O) groups excluding carboxylic acids is 2. The topological polar surface area (TPSA) is 89.8 Å². The molecule has 1 saturated heterocycles. The standard InChI is InChI=1S/C15H25N3O5/c1-8(2)10-9(11-16-17-12(19)21-11)18(15(6,7)22-10)13(20)23-14(3,4)5/h8-11H,1-7H3/t9-,10+,11?/m0/s1. The summed E-state index contributed by atoms with van der Waals surface area (Å²) in [6, 6.07) is -0.588. The quantitative estimate of drug-likeness (QED) is 0.776. The molecule has 0 spiro atoms. The largest absolute Gasteiger partial charge is 0.454 e. The van der Waals surface area contributed by atoms with Gasteiger partial charge in [0.1, 0.15) is 17.4 Å². The van der Waals surface area contributed by atoms with E-state index in [2.05, 4.69) is 10.2 Å². The lowest BCUT2D eigenvalue weighted by Gasteiger charge is -2.35. The minimum absolute atomic E-state index is 0.0845. The Bertz CT molecular complexity index is 524. The van der Waals surface area contributed by atoms with E-state index >= 15 is 0 Å². The number of carbonyl (C=O) groups is 2. The van der Waals surface area contributed by atoms with E-state index in [-0.39, 0.29) is 12.0 Å². The van der Waals surface area contributed by atoms with Gasteiger partial charge in [0.05, 0.1) is 6.10 Å². The van der Waals surface area contributed by atoms with Gasteiger partial charge < -0.3 is 14.2 Å². The van der Waals surface area contributed by atoms with Gasteiger partial charge in [0.15, 0.2) is 0 Å². The number of rotatable bonds is 2. The molecule has 0 saturated carbocycles. The van der Waals surface area contributed by atoms with E-state index in [4.69, 9.17) is 14.2 Å². The summed E-state index contributed by atoms with van der Waals surface area (Å²) in [5.74, 6) is 0.0845. The number of hydrogen-bond acceptors (Lipinski definition) is 6. The van der Waals surface area contributed by atoms with Gasteiger partial charge in [-0.2, -0.15) is 0 Å². The zero-order valence-corrected chi connectivity index (χ0v) is 14.7. The average Bonchev–Trinajstić information content (AvgIpc) is 2.87. The molecule has 1 unspecified atom stereocenters. The van der Waals surface area contributed by atoms with Crippen molar-refractivity contribution in [3.63, 3.8) is 0 Å². The highest BCUT2D eigenvalue weighted by atomic mass is 16.6. The van der Waals surface area contributed by atoms with Gasteiger partial charge in [0.25, 0.3) is 0 Å². The molecule has 23 heavy (non-hydrogen) atoms. The van der Waals surface area contributed by atoms with Crippen molar-refractivity contribution < 1.29 is 23.8 Å². The summed E-state index contributed by atoms with van der Waals surface area (Å²) in [5, 5.41) is 7.25. The van der Waals surface area contributed by atoms with Gasteiger partial charge in [-0.25, -0.2) is 9.59 Å². The average molecular weight is 327 g/mol. The third kappa shape index (κ3) is 3.63. The molecule has 2 amide bonds. The summed E-state index contributed by atoms with van der Waals surface area (Å²) in [6.07, 6.45) is -2.53. The smallest absolute Gasteiger partial charge is 0.444 e. The fourth-order valence-electron chi connectivity index (χ4n) is 2.83. The van der Waals surface area contributed by atoms with Gasteiger partial charge in [0, 0.05) is 0 Å². The van der Waals surface area contributed by atoms with Gasteiger partial charge in [-0.3, -0.25) is 4.90 Å². The molecule has 0 aromatic heterocycles. The molecular formula is C15H25N3O5. The Morgan fingerprint density at radius 1 is 1.35 bits per heavy atom. The Morgan fingerprint density at radius 2 is 1.96 bits per heavy atom. The van der Waals surface area contributed by atoms with Gasteiger partial charge >= 0.3 is 12.2 Å². The number of ether oxygens (including phenoxy) is 3. The van der Waals surface area contributed by atoms with Crippen LogP contribution in [0.25, 0.3) is 0 Å². The summed E-state index contributed by atoms with van der Waals surface area (Å²) >= 11 is 0. The Balaban J connectivity index is 2.35. The molecule has 0 aromatic carbocycles. The Kier molecular flexibility index (Phi) is 4.40. The molecule has 2 heterocycles. The maximum Gasteiger partial charge on any atom is 0.454 e. The molecule has 0 aliphatic carbocycles. The molecule has 8 heteroatoms. The molecule has 2 rings (SSSR count). The van der Waals surface area contributed by atoms with Crippen LogP contribution in [0.4, 0.5) is 9.59 Å². The van der Waals surface area contributed by atoms with Crippen LogP contribution in [0, 0.1) is 5.92 Å². The van der Waals surface area contributed by atoms with Crippen molar-refractivity contribution in [1.29, 1.82) is 0 Å². The van der Waals surface area contributed by atoms with Crippen molar-refractivity contribution in [1.82, 2.24) is 4.90 Å². The first-order chi connectivity index (χ1) is 10.4. The summed E-state index contributed by atoms with van der Waals surface area (Å²) < 4.78 is 16.7. The minimum atomic E-state index is -0.910. The number of hydrogen-bond donors (Lipinski definition) is 0. The van der Waals surface area contributed by atoms with Gasteiger partial charge in [-0.1, -0.05) is 19.0 Å². The van der Waals surface area contributed by atoms with E-state index in [1.54, 1.807) is 34.6 Å². The fourth-order valence-corrected chi connectivity index (χ4v) is 2.83. The van der Waals surface area contributed by atoms with Crippen molar-refractivity contribution in [2.24, 2.45) is 16.1 Å². The van der Waals surface area contributed by atoms with Gasteiger partial charge in [-0.15, -0.1) is 5.11 Å². The second-order valence-electron chi connectivity index (χ2n) is 7.60. The minimum Gasteiger partial charge on any atom is -0.444 e. The van der Waals surface area contributed by atoms with Crippen LogP contribution in [0.15, 0.2) is 10.2 Å². The first kappa shape index (κ1) is 17.7. The molecular weight excluding hydrogens is 302 g/mol. The van der Waals surface area contributed by atoms with Crippen LogP contribution in [-0.4, -0.2) is 46.8 Å². The maximum atomic E-state index is 12.7. The monoisotopic (exact) mass is 327 g/mol. The van der Waals surface area contributed by atoms with Gasteiger partial charge in [-0.05, 0) is 40.5 Å². The van der Waals surface area contributed by atoms with Crippen molar-refractivity contribution in [2.75, 3.05) is 0 Å². The SMILES string of the molecule is CC(C)[C@H]1OC(C)(C)N(C(=O)OC(C)(C)C)[C@@H]1C1N=NC(=O)O1. The Labute approximate surface area is 136 Å². The highest BCUT2D eigenvalue weighted by Crippen LogP contribution is 2.39. The third-order valence-electron chi connectivity index (χ3n) is 3.65. The van der Waals surface area contributed by atoms with E-state index in [1.165, 1.54) is 4.90 Å². The first-order valence-corrected chi connectivity index (χ1v) is 7.74.